The van der Waals surface area contributed by atoms with Crippen LogP contribution < -0.4 is 5.73 Å². The first-order valence-corrected chi connectivity index (χ1v) is 4.04. The lowest BCUT2D eigenvalue weighted by Crippen LogP contribution is -1.92. The maximum absolute atomic E-state index is 5.42. The molecule has 0 unspecified atom stereocenters. The molecule has 62 valence electrons. The summed E-state index contributed by atoms with van der Waals surface area (Å²) in [6.45, 7) is 6.06. The number of rotatable bonds is 1. The van der Waals surface area contributed by atoms with Gasteiger partial charge in [0.2, 0.25) is 0 Å². The van der Waals surface area contributed by atoms with Crippen LogP contribution in [0.3, 0.4) is 0 Å². The highest BCUT2D eigenvalue weighted by Gasteiger charge is 1.87. The molecular formula is C9H16N2. The van der Waals surface area contributed by atoms with Crippen molar-refractivity contribution in [2.75, 3.05) is 5.73 Å². The van der Waals surface area contributed by atoms with Crippen LogP contribution in [0.15, 0.2) is 18.2 Å². The Morgan fingerprint density at radius 2 is 2.00 bits per heavy atom. The fourth-order valence-corrected chi connectivity index (χ4v) is 0.695. The summed E-state index contributed by atoms with van der Waals surface area (Å²) in [5, 5.41) is 0. The summed E-state index contributed by atoms with van der Waals surface area (Å²) in [5.41, 5.74) is 6.47. The van der Waals surface area contributed by atoms with Crippen LogP contribution >= 0.6 is 0 Å². The second-order valence-electron chi connectivity index (χ2n) is 1.91. The van der Waals surface area contributed by atoms with Gasteiger partial charge in [0.1, 0.15) is 5.82 Å². The highest BCUT2D eigenvalue weighted by atomic mass is 14.8. The van der Waals surface area contributed by atoms with Gasteiger partial charge < -0.3 is 5.73 Å². The average molecular weight is 152 g/mol. The molecule has 0 aliphatic heterocycles. The molecule has 0 aromatic carbocycles. The van der Waals surface area contributed by atoms with E-state index in [0.29, 0.717) is 5.82 Å². The van der Waals surface area contributed by atoms with Gasteiger partial charge in [-0.2, -0.15) is 0 Å². The lowest BCUT2D eigenvalue weighted by atomic mass is 10.3. The number of aryl methyl sites for hydroxylation is 1. The zero-order valence-electron chi connectivity index (χ0n) is 7.46. The van der Waals surface area contributed by atoms with Gasteiger partial charge >= 0.3 is 0 Å². The minimum absolute atomic E-state index is 0.606. The quantitative estimate of drug-likeness (QED) is 0.670. The molecule has 0 amide bonds. The Morgan fingerprint density at radius 3 is 2.36 bits per heavy atom. The van der Waals surface area contributed by atoms with Crippen molar-refractivity contribution in [1.82, 2.24) is 4.98 Å². The molecule has 1 heterocycles. The lowest BCUT2D eigenvalue weighted by molar-refractivity contribution is 1.04. The van der Waals surface area contributed by atoms with E-state index in [1.807, 2.05) is 26.0 Å². The summed E-state index contributed by atoms with van der Waals surface area (Å²) < 4.78 is 0. The number of aromatic nitrogens is 1. The zero-order chi connectivity index (χ0) is 8.69. The Bertz CT molecular complexity index is 197. The summed E-state index contributed by atoms with van der Waals surface area (Å²) in [6, 6.07) is 5.68. The van der Waals surface area contributed by atoms with Crippen LogP contribution in [0.25, 0.3) is 0 Å². The fourth-order valence-electron chi connectivity index (χ4n) is 0.695. The highest BCUT2D eigenvalue weighted by Crippen LogP contribution is 1.99. The molecule has 0 atom stereocenters. The molecule has 1 aromatic heterocycles. The molecule has 0 bridgehead atoms. The number of pyridine rings is 1. The first kappa shape index (κ1) is 9.95. The first-order valence-electron chi connectivity index (χ1n) is 4.04. The van der Waals surface area contributed by atoms with Crippen molar-refractivity contribution in [1.29, 1.82) is 0 Å². The maximum atomic E-state index is 5.42. The fraction of sp³-hybridized carbons (Fsp3) is 0.444. The molecule has 11 heavy (non-hydrogen) atoms. The van der Waals surface area contributed by atoms with Crippen LogP contribution in [0.1, 0.15) is 26.5 Å². The summed E-state index contributed by atoms with van der Waals surface area (Å²) in [6.07, 6.45) is 0.949. The Kier molecular flexibility index (Phi) is 5.17. The van der Waals surface area contributed by atoms with Crippen LogP contribution in [0, 0.1) is 0 Å². The Hall–Kier alpha value is -1.05. The topological polar surface area (TPSA) is 38.9 Å². The first-order chi connectivity index (χ1) is 5.33. The van der Waals surface area contributed by atoms with E-state index in [9.17, 15) is 0 Å². The minimum atomic E-state index is 0.606. The van der Waals surface area contributed by atoms with E-state index in [2.05, 4.69) is 11.9 Å². The van der Waals surface area contributed by atoms with Gasteiger partial charge in [0, 0.05) is 5.69 Å². The number of hydrogen-bond donors (Lipinski definition) is 1. The Labute approximate surface area is 68.5 Å². The largest absolute Gasteiger partial charge is 0.384 e. The number of nitrogens with zero attached hydrogens (tertiary/aromatic N) is 1. The van der Waals surface area contributed by atoms with E-state index >= 15 is 0 Å². The van der Waals surface area contributed by atoms with Gasteiger partial charge in [-0.05, 0) is 18.6 Å². The summed E-state index contributed by atoms with van der Waals surface area (Å²) in [5.74, 6) is 0.606. The van der Waals surface area contributed by atoms with E-state index in [-0.39, 0.29) is 0 Å². The van der Waals surface area contributed by atoms with Crippen LogP contribution in [0.5, 0.6) is 0 Å². The molecule has 2 heteroatoms. The van der Waals surface area contributed by atoms with Crippen LogP contribution in [0.2, 0.25) is 0 Å². The van der Waals surface area contributed by atoms with Crippen molar-refractivity contribution >= 4 is 5.82 Å². The zero-order valence-corrected chi connectivity index (χ0v) is 7.46. The Morgan fingerprint density at radius 1 is 1.36 bits per heavy atom. The lowest BCUT2D eigenvalue weighted by Gasteiger charge is -1.94. The van der Waals surface area contributed by atoms with Crippen molar-refractivity contribution in [3.8, 4) is 0 Å². The molecule has 1 aromatic rings. The van der Waals surface area contributed by atoms with E-state index in [4.69, 9.17) is 5.73 Å². The molecule has 2 N–H and O–H groups in total. The van der Waals surface area contributed by atoms with Crippen molar-refractivity contribution < 1.29 is 0 Å². The number of hydrogen-bond acceptors (Lipinski definition) is 2. The van der Waals surface area contributed by atoms with E-state index in [1.165, 1.54) is 0 Å². The third-order valence-corrected chi connectivity index (χ3v) is 1.19. The number of nitrogens with two attached hydrogens (primary N) is 1. The molecule has 0 saturated carbocycles. The molecule has 0 fully saturated rings. The minimum Gasteiger partial charge on any atom is -0.384 e. The smallest absolute Gasteiger partial charge is 0.123 e. The SMILES string of the molecule is CC.CCc1cccc(N)n1. The van der Waals surface area contributed by atoms with Gasteiger partial charge in [-0.3, -0.25) is 0 Å². The Balaban J connectivity index is 0.000000461. The molecule has 0 radical (unpaired) electrons. The van der Waals surface area contributed by atoms with Crippen LogP contribution in [-0.4, -0.2) is 4.98 Å². The maximum Gasteiger partial charge on any atom is 0.123 e. The van der Waals surface area contributed by atoms with Gasteiger partial charge in [0.15, 0.2) is 0 Å². The summed E-state index contributed by atoms with van der Waals surface area (Å²) in [4.78, 5) is 4.07. The summed E-state index contributed by atoms with van der Waals surface area (Å²) in [7, 11) is 0. The molecule has 0 aliphatic rings. The van der Waals surface area contributed by atoms with Crippen LogP contribution in [-0.2, 0) is 6.42 Å². The third kappa shape index (κ3) is 3.61. The van der Waals surface area contributed by atoms with E-state index in [1.54, 1.807) is 6.07 Å². The molecular weight excluding hydrogens is 136 g/mol. The van der Waals surface area contributed by atoms with Gasteiger partial charge in [0.05, 0.1) is 0 Å². The second-order valence-corrected chi connectivity index (χ2v) is 1.91. The standard InChI is InChI=1S/C7H10N2.C2H6/c1-2-6-4-3-5-7(8)9-6;1-2/h3-5H,2H2,1H3,(H2,8,9);1-2H3. The van der Waals surface area contributed by atoms with Crippen molar-refractivity contribution in [3.05, 3.63) is 23.9 Å². The molecule has 0 aliphatic carbocycles. The van der Waals surface area contributed by atoms with Gasteiger partial charge in [-0.1, -0.05) is 26.8 Å². The van der Waals surface area contributed by atoms with E-state index < -0.39 is 0 Å². The normalized spacial score (nSPS) is 8.27. The highest BCUT2D eigenvalue weighted by molar-refractivity contribution is 5.28. The average Bonchev–Trinajstić information content (AvgIpc) is 2.08. The molecule has 2 nitrogen and oxygen atoms in total. The monoisotopic (exact) mass is 152 g/mol. The van der Waals surface area contributed by atoms with Crippen molar-refractivity contribution in [3.63, 3.8) is 0 Å². The predicted molar refractivity (Wildman–Crippen MR) is 49.4 cm³/mol. The van der Waals surface area contributed by atoms with Crippen molar-refractivity contribution in [2.45, 2.75) is 27.2 Å². The number of anilines is 1. The molecule has 0 saturated heterocycles. The molecule has 1 rings (SSSR count). The summed E-state index contributed by atoms with van der Waals surface area (Å²) >= 11 is 0. The van der Waals surface area contributed by atoms with Gasteiger partial charge in [-0.25, -0.2) is 4.98 Å². The third-order valence-electron chi connectivity index (χ3n) is 1.19. The molecule has 0 spiro atoms. The second kappa shape index (κ2) is 5.71. The van der Waals surface area contributed by atoms with Crippen LogP contribution in [0.4, 0.5) is 5.82 Å². The van der Waals surface area contributed by atoms with Gasteiger partial charge in [0.25, 0.3) is 0 Å². The predicted octanol–water partition coefficient (Wildman–Crippen LogP) is 2.25. The van der Waals surface area contributed by atoms with Gasteiger partial charge in [-0.15, -0.1) is 0 Å². The number of nitrogen functional groups attached to an aromatic ring is 1. The van der Waals surface area contributed by atoms with Crippen molar-refractivity contribution in [2.24, 2.45) is 0 Å². The van der Waals surface area contributed by atoms with E-state index in [0.717, 1.165) is 12.1 Å².